The summed E-state index contributed by atoms with van der Waals surface area (Å²) < 4.78 is 9.33. The van der Waals surface area contributed by atoms with Crippen LogP contribution >= 0.6 is 11.5 Å². The van der Waals surface area contributed by atoms with Gasteiger partial charge in [0, 0.05) is 24.6 Å². The summed E-state index contributed by atoms with van der Waals surface area (Å²) in [6.07, 6.45) is 0. The molecule has 2 N–H and O–H groups in total. The van der Waals surface area contributed by atoms with E-state index >= 15 is 0 Å². The largest absolute Gasteiger partial charge is 0.380 e. The third-order valence-corrected chi connectivity index (χ3v) is 3.12. The number of nitrogens with zero attached hydrogens (tertiary/aromatic N) is 3. The molecular formula is C7H10N4OS. The molecule has 0 bridgehead atoms. The summed E-state index contributed by atoms with van der Waals surface area (Å²) >= 11 is 1.25. The third kappa shape index (κ3) is 1.02. The molecule has 6 heteroatoms. The second-order valence-electron chi connectivity index (χ2n) is 3.78. The van der Waals surface area contributed by atoms with Gasteiger partial charge in [0.2, 0.25) is 11.1 Å². The van der Waals surface area contributed by atoms with Crippen molar-refractivity contribution < 1.29 is 4.74 Å². The van der Waals surface area contributed by atoms with E-state index in [4.69, 9.17) is 10.5 Å². The SMILES string of the molecule is Nc1nc(N2CC3(COC3)C2)ns1. The van der Waals surface area contributed by atoms with Gasteiger partial charge in [0.1, 0.15) is 0 Å². The molecule has 0 aromatic carbocycles. The molecule has 1 spiro atoms. The lowest BCUT2D eigenvalue weighted by Crippen LogP contribution is -2.66. The summed E-state index contributed by atoms with van der Waals surface area (Å²) in [7, 11) is 0. The maximum atomic E-state index is 5.50. The van der Waals surface area contributed by atoms with Crippen molar-refractivity contribution in [3.8, 4) is 0 Å². The van der Waals surface area contributed by atoms with Gasteiger partial charge in [0.15, 0.2) is 0 Å². The van der Waals surface area contributed by atoms with Crippen molar-refractivity contribution in [1.29, 1.82) is 0 Å². The lowest BCUT2D eigenvalue weighted by atomic mass is 9.78. The smallest absolute Gasteiger partial charge is 0.239 e. The molecular weight excluding hydrogens is 188 g/mol. The summed E-state index contributed by atoms with van der Waals surface area (Å²) in [5, 5.41) is 0.542. The fourth-order valence-electron chi connectivity index (χ4n) is 1.83. The summed E-state index contributed by atoms with van der Waals surface area (Å²) in [5.74, 6) is 0.778. The Hall–Kier alpha value is -0.880. The first-order valence-corrected chi connectivity index (χ1v) is 4.97. The van der Waals surface area contributed by atoms with Gasteiger partial charge < -0.3 is 15.4 Å². The van der Waals surface area contributed by atoms with E-state index in [1.807, 2.05) is 0 Å². The predicted molar refractivity (Wildman–Crippen MR) is 49.8 cm³/mol. The first-order valence-electron chi connectivity index (χ1n) is 4.19. The molecule has 5 nitrogen and oxygen atoms in total. The molecule has 0 amide bonds. The van der Waals surface area contributed by atoms with Crippen LogP contribution in [0.5, 0.6) is 0 Å². The van der Waals surface area contributed by atoms with Crippen LogP contribution in [0.1, 0.15) is 0 Å². The van der Waals surface area contributed by atoms with Crippen molar-refractivity contribution in [3.05, 3.63) is 0 Å². The first kappa shape index (κ1) is 7.52. The van der Waals surface area contributed by atoms with E-state index in [2.05, 4.69) is 14.3 Å². The number of aromatic nitrogens is 2. The Balaban J connectivity index is 1.70. The minimum atomic E-state index is 0.417. The van der Waals surface area contributed by atoms with E-state index in [9.17, 15) is 0 Å². The molecule has 3 rings (SSSR count). The van der Waals surface area contributed by atoms with Crippen LogP contribution in [0.4, 0.5) is 11.1 Å². The van der Waals surface area contributed by atoms with Crippen LogP contribution < -0.4 is 10.6 Å². The Morgan fingerprint density at radius 1 is 1.46 bits per heavy atom. The quantitative estimate of drug-likeness (QED) is 0.685. The monoisotopic (exact) mass is 198 g/mol. The standard InChI is InChI=1S/C7H10N4OS/c8-5-9-6(10-13-5)11-1-7(2-11)3-12-4-7/h1-4H2,(H2,8,9,10). The van der Waals surface area contributed by atoms with Gasteiger partial charge in [-0.15, -0.1) is 0 Å². The molecule has 1 aromatic heterocycles. The van der Waals surface area contributed by atoms with Crippen LogP contribution in [0.25, 0.3) is 0 Å². The van der Waals surface area contributed by atoms with Crippen molar-refractivity contribution in [2.75, 3.05) is 36.9 Å². The lowest BCUT2D eigenvalue weighted by Gasteiger charge is -2.54. The van der Waals surface area contributed by atoms with E-state index in [0.717, 1.165) is 32.3 Å². The topological polar surface area (TPSA) is 64.3 Å². The van der Waals surface area contributed by atoms with Crippen molar-refractivity contribution >= 4 is 22.6 Å². The zero-order chi connectivity index (χ0) is 8.89. The maximum Gasteiger partial charge on any atom is 0.239 e. The second-order valence-corrected chi connectivity index (χ2v) is 4.56. The minimum Gasteiger partial charge on any atom is -0.380 e. The number of nitrogen functional groups attached to an aromatic ring is 1. The fraction of sp³-hybridized carbons (Fsp3) is 0.714. The molecule has 0 unspecified atom stereocenters. The van der Waals surface area contributed by atoms with E-state index < -0.39 is 0 Å². The first-order chi connectivity index (χ1) is 6.27. The summed E-state index contributed by atoms with van der Waals surface area (Å²) in [5.41, 5.74) is 5.92. The average Bonchev–Trinajstić information content (AvgIpc) is 2.29. The van der Waals surface area contributed by atoms with E-state index in [-0.39, 0.29) is 0 Å². The molecule has 0 radical (unpaired) electrons. The van der Waals surface area contributed by atoms with Crippen LogP contribution in [0.15, 0.2) is 0 Å². The minimum absolute atomic E-state index is 0.417. The van der Waals surface area contributed by atoms with Gasteiger partial charge in [-0.05, 0) is 0 Å². The molecule has 2 aliphatic heterocycles. The van der Waals surface area contributed by atoms with Crippen LogP contribution in [0, 0.1) is 5.41 Å². The maximum absolute atomic E-state index is 5.50. The summed E-state index contributed by atoms with van der Waals surface area (Å²) in [6.45, 7) is 3.82. The van der Waals surface area contributed by atoms with Crippen molar-refractivity contribution in [2.24, 2.45) is 5.41 Å². The molecule has 0 aliphatic carbocycles. The van der Waals surface area contributed by atoms with Crippen LogP contribution in [0.2, 0.25) is 0 Å². The summed E-state index contributed by atoms with van der Waals surface area (Å²) in [4.78, 5) is 6.28. The molecule has 2 saturated heterocycles. The average molecular weight is 198 g/mol. The van der Waals surface area contributed by atoms with Gasteiger partial charge in [0.25, 0.3) is 0 Å². The molecule has 13 heavy (non-hydrogen) atoms. The van der Waals surface area contributed by atoms with Gasteiger partial charge in [-0.2, -0.15) is 9.36 Å². The second kappa shape index (κ2) is 2.33. The highest BCUT2D eigenvalue weighted by Crippen LogP contribution is 2.39. The van der Waals surface area contributed by atoms with E-state index in [1.54, 1.807) is 0 Å². The lowest BCUT2D eigenvalue weighted by molar-refractivity contribution is -0.127. The normalized spacial score (nSPS) is 24.2. The van der Waals surface area contributed by atoms with Gasteiger partial charge in [-0.1, -0.05) is 0 Å². The Kier molecular flexibility index (Phi) is 1.35. The molecule has 0 atom stereocenters. The highest BCUT2D eigenvalue weighted by atomic mass is 32.1. The van der Waals surface area contributed by atoms with Crippen LogP contribution in [-0.4, -0.2) is 35.7 Å². The number of rotatable bonds is 1. The van der Waals surface area contributed by atoms with E-state index in [0.29, 0.717) is 10.5 Å². The fourth-order valence-corrected chi connectivity index (χ4v) is 2.29. The Morgan fingerprint density at radius 3 is 2.69 bits per heavy atom. The number of nitrogens with two attached hydrogens (primary N) is 1. The Bertz CT molecular complexity index is 327. The highest BCUT2D eigenvalue weighted by Gasteiger charge is 2.50. The zero-order valence-electron chi connectivity index (χ0n) is 7.06. The van der Waals surface area contributed by atoms with Gasteiger partial charge in [-0.3, -0.25) is 0 Å². The number of anilines is 2. The van der Waals surface area contributed by atoms with Gasteiger partial charge >= 0.3 is 0 Å². The molecule has 0 saturated carbocycles. The third-order valence-electron chi connectivity index (χ3n) is 2.58. The Morgan fingerprint density at radius 2 is 2.23 bits per heavy atom. The summed E-state index contributed by atoms with van der Waals surface area (Å²) in [6, 6.07) is 0. The van der Waals surface area contributed by atoms with E-state index in [1.165, 1.54) is 11.5 Å². The van der Waals surface area contributed by atoms with Gasteiger partial charge in [0.05, 0.1) is 18.6 Å². The molecule has 3 heterocycles. The van der Waals surface area contributed by atoms with Crippen molar-refractivity contribution in [2.45, 2.75) is 0 Å². The Labute approximate surface area is 79.7 Å². The number of ether oxygens (including phenoxy) is 1. The van der Waals surface area contributed by atoms with Gasteiger partial charge in [-0.25, -0.2) is 0 Å². The molecule has 2 aliphatic rings. The molecule has 2 fully saturated rings. The number of hydrogen-bond donors (Lipinski definition) is 1. The predicted octanol–water partition coefficient (Wildman–Crippen LogP) is -0.0431. The molecule has 1 aromatic rings. The highest BCUT2D eigenvalue weighted by molar-refractivity contribution is 7.09. The van der Waals surface area contributed by atoms with Crippen LogP contribution in [-0.2, 0) is 4.74 Å². The zero-order valence-corrected chi connectivity index (χ0v) is 7.88. The number of hydrogen-bond acceptors (Lipinski definition) is 6. The van der Waals surface area contributed by atoms with Crippen molar-refractivity contribution in [1.82, 2.24) is 9.36 Å². The molecule has 70 valence electrons. The van der Waals surface area contributed by atoms with Crippen LogP contribution in [0.3, 0.4) is 0 Å². The van der Waals surface area contributed by atoms with Crippen molar-refractivity contribution in [3.63, 3.8) is 0 Å².